The summed E-state index contributed by atoms with van der Waals surface area (Å²) in [6, 6.07) is 12.9. The molecule has 12 heteroatoms. The quantitative estimate of drug-likeness (QED) is 0.193. The number of pyridine rings is 2. The highest BCUT2D eigenvalue weighted by atomic mass is 19.3. The lowest BCUT2D eigenvalue weighted by Gasteiger charge is -2.22. The molecule has 1 N–H and O–H groups in total. The Kier molecular flexibility index (Phi) is 6.67. The van der Waals surface area contributed by atoms with Crippen LogP contribution in [0.3, 0.4) is 0 Å². The Hall–Kier alpha value is -4.74. The Morgan fingerprint density at radius 3 is 2.55 bits per heavy atom. The Bertz CT molecular complexity index is 1900. The molecule has 1 fully saturated rings. The van der Waals surface area contributed by atoms with Crippen molar-refractivity contribution in [1.29, 1.82) is 0 Å². The van der Waals surface area contributed by atoms with Gasteiger partial charge in [0.05, 0.1) is 11.7 Å². The molecule has 5 aromatic rings. The van der Waals surface area contributed by atoms with Gasteiger partial charge in [0.25, 0.3) is 12.3 Å². The van der Waals surface area contributed by atoms with Gasteiger partial charge in [0.1, 0.15) is 29.6 Å². The van der Waals surface area contributed by atoms with Gasteiger partial charge in [-0.3, -0.25) is 19.4 Å². The first-order valence-electron chi connectivity index (χ1n) is 13.9. The lowest BCUT2D eigenvalue weighted by molar-refractivity contribution is -0.123. The van der Waals surface area contributed by atoms with Gasteiger partial charge >= 0.3 is 0 Å². The fourth-order valence-electron chi connectivity index (χ4n) is 6.39. The Balaban J connectivity index is 1.27. The number of nitrogens with zero attached hydrogens (tertiary/aromatic N) is 4. The fraction of sp³-hybridized carbons (Fsp3) is 0.250. The van der Waals surface area contributed by atoms with E-state index in [0.717, 1.165) is 22.9 Å². The maximum atomic E-state index is 15.1. The van der Waals surface area contributed by atoms with Crippen molar-refractivity contribution in [2.45, 2.75) is 43.7 Å². The highest BCUT2D eigenvalue weighted by Crippen LogP contribution is 2.68. The number of carbonyl (C=O) groups excluding carboxylic acids is 1. The van der Waals surface area contributed by atoms with Crippen molar-refractivity contribution in [3.8, 4) is 11.1 Å². The number of hydrogen-bond acceptors (Lipinski definition) is 4. The van der Waals surface area contributed by atoms with Gasteiger partial charge in [-0.05, 0) is 47.9 Å². The number of rotatable bonds is 8. The van der Waals surface area contributed by atoms with Crippen LogP contribution in [0.1, 0.15) is 53.0 Å². The molecule has 1 amide bonds. The molecule has 3 atom stereocenters. The van der Waals surface area contributed by atoms with Gasteiger partial charge in [-0.2, -0.15) is 13.9 Å². The average molecular weight is 608 g/mol. The van der Waals surface area contributed by atoms with Crippen molar-refractivity contribution >= 4 is 16.7 Å². The molecule has 1 saturated carbocycles. The second kappa shape index (κ2) is 10.5. The normalized spacial score (nSPS) is 18.7. The summed E-state index contributed by atoms with van der Waals surface area (Å²) in [7, 11) is 0. The van der Waals surface area contributed by atoms with Crippen molar-refractivity contribution < 1.29 is 31.1 Å². The number of fused-ring (bicyclic) bond motifs is 4. The number of hydrogen-bond donors (Lipinski definition) is 1. The van der Waals surface area contributed by atoms with Gasteiger partial charge < -0.3 is 5.32 Å². The van der Waals surface area contributed by atoms with Gasteiger partial charge in [-0.1, -0.05) is 30.3 Å². The van der Waals surface area contributed by atoms with Crippen molar-refractivity contribution in [1.82, 2.24) is 25.1 Å². The maximum absolute atomic E-state index is 15.1. The summed E-state index contributed by atoms with van der Waals surface area (Å²) in [5.41, 5.74) is 0.214. The smallest absolute Gasteiger partial charge is 0.293 e. The van der Waals surface area contributed by atoms with Crippen LogP contribution in [-0.2, 0) is 23.7 Å². The first-order valence-corrected chi connectivity index (χ1v) is 13.9. The highest BCUT2D eigenvalue weighted by molar-refractivity contribution is 5.96. The number of halogens is 6. The third kappa shape index (κ3) is 4.78. The second-order valence-corrected chi connectivity index (χ2v) is 11.1. The Morgan fingerprint density at radius 2 is 1.77 bits per heavy atom. The van der Waals surface area contributed by atoms with Crippen molar-refractivity contribution in [3.63, 3.8) is 0 Å². The molecule has 6 nitrogen and oxygen atoms in total. The molecule has 3 aromatic heterocycles. The minimum Gasteiger partial charge on any atom is -0.346 e. The van der Waals surface area contributed by atoms with E-state index < -0.39 is 65.7 Å². The summed E-state index contributed by atoms with van der Waals surface area (Å²) >= 11 is 0. The van der Waals surface area contributed by atoms with Gasteiger partial charge in [0, 0.05) is 52.7 Å². The monoisotopic (exact) mass is 607 g/mol. The fourth-order valence-corrected chi connectivity index (χ4v) is 6.39. The average Bonchev–Trinajstić information content (AvgIpc) is 3.64. The largest absolute Gasteiger partial charge is 0.346 e. The predicted molar refractivity (Wildman–Crippen MR) is 148 cm³/mol. The lowest BCUT2D eigenvalue weighted by atomic mass is 9.94. The van der Waals surface area contributed by atoms with E-state index in [-0.39, 0.29) is 24.0 Å². The van der Waals surface area contributed by atoms with E-state index in [0.29, 0.717) is 27.6 Å². The number of alkyl halides is 4. The summed E-state index contributed by atoms with van der Waals surface area (Å²) in [6.07, 6.45) is 1.71. The van der Waals surface area contributed by atoms with E-state index in [1.54, 1.807) is 24.5 Å². The minimum atomic E-state index is -3.39. The third-order valence-corrected chi connectivity index (χ3v) is 8.28. The molecular formula is C32H23F6N5O. The Morgan fingerprint density at radius 1 is 1.00 bits per heavy atom. The first-order chi connectivity index (χ1) is 21.1. The highest BCUT2D eigenvalue weighted by Gasteiger charge is 2.67. The van der Waals surface area contributed by atoms with Crippen LogP contribution in [0.15, 0.2) is 73.2 Å². The van der Waals surface area contributed by atoms with E-state index in [1.165, 1.54) is 6.20 Å². The second-order valence-electron chi connectivity index (χ2n) is 11.1. The number of carbonyl (C=O) groups is 1. The van der Waals surface area contributed by atoms with Crippen LogP contribution in [0.5, 0.6) is 0 Å². The summed E-state index contributed by atoms with van der Waals surface area (Å²) in [6.45, 7) is -0.768. The molecule has 3 heterocycles. The van der Waals surface area contributed by atoms with Crippen LogP contribution in [0, 0.1) is 17.6 Å². The third-order valence-electron chi connectivity index (χ3n) is 8.28. The zero-order chi connectivity index (χ0) is 30.7. The molecule has 0 aliphatic heterocycles. The predicted octanol–water partition coefficient (Wildman–Crippen LogP) is 7.02. The molecule has 224 valence electrons. The van der Waals surface area contributed by atoms with Crippen molar-refractivity contribution in [2.75, 3.05) is 0 Å². The molecular weight excluding hydrogens is 584 g/mol. The molecule has 2 aliphatic rings. The SMILES string of the molecule is O=C(Cn1nc(C(F)F)c2c1C(F)(F)C1CC21)N[C@@H](Cc1cc(F)cc(F)c1)c1ncccc1-c1cncc2ccccc12. The molecule has 2 aliphatic carbocycles. The minimum absolute atomic E-state index is 0.0926. The van der Waals surface area contributed by atoms with Gasteiger partial charge in [-0.15, -0.1) is 0 Å². The van der Waals surface area contributed by atoms with Gasteiger partial charge in [-0.25, -0.2) is 17.6 Å². The molecule has 2 aromatic carbocycles. The van der Waals surface area contributed by atoms with Gasteiger partial charge in [0.2, 0.25) is 5.91 Å². The molecule has 0 radical (unpaired) electrons. The topological polar surface area (TPSA) is 72.7 Å². The van der Waals surface area contributed by atoms with Crippen LogP contribution in [0.25, 0.3) is 21.9 Å². The van der Waals surface area contributed by atoms with E-state index in [1.807, 2.05) is 24.3 Å². The molecule has 2 unspecified atom stereocenters. The first kappa shape index (κ1) is 28.1. The van der Waals surface area contributed by atoms with Crippen LogP contribution < -0.4 is 5.32 Å². The van der Waals surface area contributed by atoms with E-state index in [9.17, 15) is 22.4 Å². The summed E-state index contributed by atoms with van der Waals surface area (Å²) in [5.74, 6) is -7.64. The number of nitrogens with one attached hydrogen (secondary N) is 1. The van der Waals surface area contributed by atoms with Crippen molar-refractivity contribution in [3.05, 3.63) is 113 Å². The van der Waals surface area contributed by atoms with Crippen LogP contribution in [0.2, 0.25) is 0 Å². The van der Waals surface area contributed by atoms with E-state index in [4.69, 9.17) is 0 Å². The zero-order valence-corrected chi connectivity index (χ0v) is 22.8. The number of aromatic nitrogens is 4. The summed E-state index contributed by atoms with van der Waals surface area (Å²) in [4.78, 5) is 22.3. The van der Waals surface area contributed by atoms with E-state index in [2.05, 4.69) is 20.4 Å². The summed E-state index contributed by atoms with van der Waals surface area (Å²) in [5, 5.41) is 8.16. The van der Waals surface area contributed by atoms with Crippen molar-refractivity contribution in [2.24, 2.45) is 5.92 Å². The maximum Gasteiger partial charge on any atom is 0.293 e. The molecule has 0 saturated heterocycles. The molecule has 0 bridgehead atoms. The van der Waals surface area contributed by atoms with E-state index >= 15 is 8.78 Å². The van der Waals surface area contributed by atoms with Crippen LogP contribution >= 0.6 is 0 Å². The zero-order valence-electron chi connectivity index (χ0n) is 22.8. The lowest BCUT2D eigenvalue weighted by Crippen LogP contribution is -2.35. The molecule has 44 heavy (non-hydrogen) atoms. The number of amides is 1. The van der Waals surface area contributed by atoms with Crippen LogP contribution in [-0.4, -0.2) is 25.7 Å². The van der Waals surface area contributed by atoms with Crippen LogP contribution in [0.4, 0.5) is 26.3 Å². The Labute approximate surface area is 246 Å². The molecule has 7 rings (SSSR count). The number of benzene rings is 2. The van der Waals surface area contributed by atoms with Gasteiger partial charge in [0.15, 0.2) is 0 Å². The summed E-state index contributed by atoms with van der Waals surface area (Å²) < 4.78 is 86.7. The standard InChI is InChI=1S/C32H23F6N5O/c33-18-8-16(9-19(34)11-18)10-25(28-21(6-3-7-40-28)23-14-39-13-17-4-1-2-5-20(17)23)41-26(44)15-43-30-27(29(42-43)31(35)36)22-12-24(22)32(30,37)38/h1-9,11,13-14,22,24-25,31H,10,12,15H2,(H,41,44)/t22?,24?,25-/m0/s1. The molecule has 0 spiro atoms.